The predicted molar refractivity (Wildman–Crippen MR) is 57.8 cm³/mol. The van der Waals surface area contributed by atoms with Gasteiger partial charge in [0.2, 0.25) is 0 Å². The lowest BCUT2D eigenvalue weighted by Crippen LogP contribution is -1.56. The second-order valence-electron chi connectivity index (χ2n) is 1.34. The van der Waals surface area contributed by atoms with Gasteiger partial charge in [0.25, 0.3) is 0 Å². The maximum absolute atomic E-state index is 9.50. The number of phenolic OH excluding ortho intramolecular Hbond substituents is 1. The number of alkyl halides is 1. The zero-order valence-corrected chi connectivity index (χ0v) is 9.21. The Labute approximate surface area is 81.2 Å². The summed E-state index contributed by atoms with van der Waals surface area (Å²) >= 11 is 0. The number of rotatable bonds is 0. The van der Waals surface area contributed by atoms with Crippen LogP contribution in [0.15, 0.2) is 30.3 Å². The van der Waals surface area contributed by atoms with Crippen LogP contribution in [0.3, 0.4) is 0 Å². The molecule has 0 aliphatic carbocycles. The van der Waals surface area contributed by atoms with Crippen LogP contribution in [0.5, 0.6) is 5.75 Å². The van der Waals surface area contributed by atoms with Crippen LogP contribution in [0.4, 0.5) is 4.39 Å². The second kappa shape index (κ2) is 22.4. The Hall–Kier alpha value is -1.05. The van der Waals surface area contributed by atoms with Crippen LogP contribution in [0.25, 0.3) is 0 Å². The van der Waals surface area contributed by atoms with Gasteiger partial charge >= 0.3 is 0 Å². The van der Waals surface area contributed by atoms with Gasteiger partial charge in [0.05, 0.1) is 7.18 Å². The zero-order chi connectivity index (χ0) is 11.1. The summed E-state index contributed by atoms with van der Waals surface area (Å²) in [7, 11) is 0.500. The normalized spacial score (nSPS) is 6.00. The molecule has 0 fully saturated rings. The van der Waals surface area contributed by atoms with Crippen molar-refractivity contribution in [3.63, 3.8) is 0 Å². The second-order valence-corrected chi connectivity index (χ2v) is 1.34. The summed E-state index contributed by atoms with van der Waals surface area (Å²) in [5.41, 5.74) is 0. The molecule has 0 amide bonds. The fourth-order valence-corrected chi connectivity index (χ4v) is 0.428. The Balaban J connectivity index is -0.000000144. The van der Waals surface area contributed by atoms with Crippen molar-refractivity contribution in [3.8, 4) is 5.75 Å². The molecule has 1 nitrogen and oxygen atoms in total. The lowest BCUT2D eigenvalue weighted by atomic mass is 10.3. The molecule has 0 bridgehead atoms. The predicted octanol–water partition coefficient (Wildman–Crippen LogP) is 4.03. The standard InChI is InChI=1S/C6H6O.2C2H6.CH3F/c7-6-4-2-1-3-5-6;3*1-2/h1-5,7H;2*1-2H3;1H3. The van der Waals surface area contributed by atoms with Crippen LogP contribution in [-0.4, -0.2) is 12.3 Å². The number of aromatic hydroxyl groups is 1. The van der Waals surface area contributed by atoms with Crippen LogP contribution < -0.4 is 0 Å². The summed E-state index contributed by atoms with van der Waals surface area (Å²) in [6.07, 6.45) is 0. The van der Waals surface area contributed by atoms with Gasteiger partial charge in [0.15, 0.2) is 0 Å². The van der Waals surface area contributed by atoms with Crippen molar-refractivity contribution in [2.24, 2.45) is 0 Å². The molecule has 0 heterocycles. The molecule has 1 aromatic rings. The molecule has 1 rings (SSSR count). The number of hydrogen-bond donors (Lipinski definition) is 1. The molecule has 0 spiro atoms. The molecule has 78 valence electrons. The van der Waals surface area contributed by atoms with E-state index >= 15 is 0 Å². The zero-order valence-electron chi connectivity index (χ0n) is 9.21. The highest BCUT2D eigenvalue weighted by Gasteiger charge is 1.74. The van der Waals surface area contributed by atoms with Gasteiger partial charge in [-0.05, 0) is 12.1 Å². The van der Waals surface area contributed by atoms with Crippen LogP contribution >= 0.6 is 0 Å². The molecule has 0 radical (unpaired) electrons. The van der Waals surface area contributed by atoms with E-state index in [0.29, 0.717) is 12.9 Å². The van der Waals surface area contributed by atoms with Crippen LogP contribution in [0, 0.1) is 0 Å². The molecule has 0 saturated heterocycles. The Bertz CT molecular complexity index is 140. The number of benzene rings is 1. The van der Waals surface area contributed by atoms with Crippen molar-refractivity contribution in [1.82, 2.24) is 0 Å². The van der Waals surface area contributed by atoms with Crippen molar-refractivity contribution < 1.29 is 9.50 Å². The molecule has 0 aliphatic heterocycles. The van der Waals surface area contributed by atoms with Crippen LogP contribution in [-0.2, 0) is 0 Å². The van der Waals surface area contributed by atoms with Crippen molar-refractivity contribution in [1.29, 1.82) is 0 Å². The Morgan fingerprint density at radius 1 is 0.846 bits per heavy atom. The first kappa shape index (κ1) is 17.9. The van der Waals surface area contributed by atoms with Crippen LogP contribution in [0.2, 0.25) is 0 Å². The van der Waals surface area contributed by atoms with E-state index in [1.807, 2.05) is 33.8 Å². The van der Waals surface area contributed by atoms with Crippen LogP contribution in [0.1, 0.15) is 27.7 Å². The highest BCUT2D eigenvalue weighted by Crippen LogP contribution is 2.02. The lowest BCUT2D eigenvalue weighted by molar-refractivity contribution is 0.475. The summed E-state index contributed by atoms with van der Waals surface area (Å²) < 4.78 is 9.50. The topological polar surface area (TPSA) is 20.2 Å². The smallest absolute Gasteiger partial charge is 0.115 e. The van der Waals surface area contributed by atoms with Gasteiger partial charge in [-0.15, -0.1) is 0 Å². The molecular weight excluding hydrogens is 167 g/mol. The van der Waals surface area contributed by atoms with E-state index in [1.165, 1.54) is 0 Å². The average molecular weight is 188 g/mol. The van der Waals surface area contributed by atoms with E-state index in [0.717, 1.165) is 0 Å². The average Bonchev–Trinajstić information content (AvgIpc) is 2.28. The van der Waals surface area contributed by atoms with Gasteiger partial charge in [-0.1, -0.05) is 45.9 Å². The van der Waals surface area contributed by atoms with Gasteiger partial charge in [0, 0.05) is 0 Å². The quantitative estimate of drug-likeness (QED) is 0.651. The fraction of sp³-hybridized carbons (Fsp3) is 0.455. The van der Waals surface area contributed by atoms with E-state index in [4.69, 9.17) is 5.11 Å². The Kier molecular flexibility index (Phi) is 30.9. The van der Waals surface area contributed by atoms with E-state index in [-0.39, 0.29) is 0 Å². The minimum Gasteiger partial charge on any atom is -0.508 e. The third-order valence-corrected chi connectivity index (χ3v) is 0.756. The molecule has 2 heteroatoms. The first-order valence-electron chi connectivity index (χ1n) is 4.51. The van der Waals surface area contributed by atoms with Crippen molar-refractivity contribution in [3.05, 3.63) is 30.3 Å². The molecule has 13 heavy (non-hydrogen) atoms. The SMILES string of the molecule is CC.CC.CF.Oc1ccccc1. The highest BCUT2D eigenvalue weighted by molar-refractivity contribution is 5.18. The fourth-order valence-electron chi connectivity index (χ4n) is 0.428. The van der Waals surface area contributed by atoms with Gasteiger partial charge < -0.3 is 5.11 Å². The maximum atomic E-state index is 9.50. The number of hydrogen-bond acceptors (Lipinski definition) is 1. The minimum absolute atomic E-state index is 0.322. The molecule has 0 unspecified atom stereocenters. The summed E-state index contributed by atoms with van der Waals surface area (Å²) in [6.45, 7) is 8.00. The van der Waals surface area contributed by atoms with E-state index < -0.39 is 0 Å². The third kappa shape index (κ3) is 18.2. The van der Waals surface area contributed by atoms with Gasteiger partial charge in [-0.3, -0.25) is 4.39 Å². The van der Waals surface area contributed by atoms with Gasteiger partial charge in [-0.2, -0.15) is 0 Å². The maximum Gasteiger partial charge on any atom is 0.115 e. The van der Waals surface area contributed by atoms with E-state index in [2.05, 4.69) is 0 Å². The first-order chi connectivity index (χ1) is 6.39. The largest absolute Gasteiger partial charge is 0.508 e. The Morgan fingerprint density at radius 2 is 1.15 bits per heavy atom. The van der Waals surface area contributed by atoms with Gasteiger partial charge in [-0.25, -0.2) is 0 Å². The number of halogens is 1. The van der Waals surface area contributed by atoms with Crippen molar-refractivity contribution in [2.75, 3.05) is 7.18 Å². The number of phenols is 1. The first-order valence-corrected chi connectivity index (χ1v) is 4.51. The Morgan fingerprint density at radius 3 is 1.31 bits per heavy atom. The summed E-state index contributed by atoms with van der Waals surface area (Å²) in [4.78, 5) is 0. The van der Waals surface area contributed by atoms with E-state index in [9.17, 15) is 4.39 Å². The highest BCUT2D eigenvalue weighted by atomic mass is 19.1. The molecule has 1 aromatic carbocycles. The van der Waals surface area contributed by atoms with Crippen molar-refractivity contribution in [2.45, 2.75) is 27.7 Å². The monoisotopic (exact) mass is 188 g/mol. The minimum atomic E-state index is 0.322. The summed E-state index contributed by atoms with van der Waals surface area (Å²) in [6, 6.07) is 8.71. The molecule has 0 atom stereocenters. The summed E-state index contributed by atoms with van der Waals surface area (Å²) in [5.74, 6) is 0.322. The summed E-state index contributed by atoms with van der Waals surface area (Å²) in [5, 5.41) is 8.63. The third-order valence-electron chi connectivity index (χ3n) is 0.756. The lowest BCUT2D eigenvalue weighted by Gasteiger charge is -1.82. The van der Waals surface area contributed by atoms with E-state index in [1.54, 1.807) is 24.3 Å². The molecular formula is C11H21FO. The molecule has 0 saturated carbocycles. The molecule has 1 N–H and O–H groups in total. The van der Waals surface area contributed by atoms with Crippen molar-refractivity contribution >= 4 is 0 Å². The molecule has 0 aromatic heterocycles. The molecule has 0 aliphatic rings. The number of para-hydroxylation sites is 1. The van der Waals surface area contributed by atoms with Gasteiger partial charge in [0.1, 0.15) is 5.75 Å².